The number of hydrogen-bond donors (Lipinski definition) is 2. The Labute approximate surface area is 63.1 Å². The molecule has 0 saturated carbocycles. The SMILES string of the molecule is O=C(c1ccco1)C(O)CO. The molecule has 0 spiro atoms. The third-order valence-corrected chi connectivity index (χ3v) is 1.24. The Morgan fingerprint density at radius 1 is 1.73 bits per heavy atom. The predicted molar refractivity (Wildman–Crippen MR) is 36.1 cm³/mol. The van der Waals surface area contributed by atoms with Crippen molar-refractivity contribution >= 4 is 5.78 Å². The van der Waals surface area contributed by atoms with Gasteiger partial charge in [-0.3, -0.25) is 4.79 Å². The summed E-state index contributed by atoms with van der Waals surface area (Å²) in [4.78, 5) is 10.9. The number of aliphatic hydroxyl groups is 2. The minimum absolute atomic E-state index is 0.0616. The normalized spacial score (nSPS) is 12.9. The molecule has 0 radical (unpaired) electrons. The largest absolute Gasteiger partial charge is 0.461 e. The third-order valence-electron chi connectivity index (χ3n) is 1.24. The minimum Gasteiger partial charge on any atom is -0.461 e. The van der Waals surface area contributed by atoms with Crippen LogP contribution < -0.4 is 0 Å². The van der Waals surface area contributed by atoms with E-state index in [0.29, 0.717) is 0 Å². The summed E-state index contributed by atoms with van der Waals surface area (Å²) in [5, 5.41) is 17.2. The maximum absolute atomic E-state index is 10.9. The molecule has 0 fully saturated rings. The lowest BCUT2D eigenvalue weighted by atomic mass is 10.2. The topological polar surface area (TPSA) is 70.7 Å². The summed E-state index contributed by atoms with van der Waals surface area (Å²) in [5.74, 6) is -0.538. The summed E-state index contributed by atoms with van der Waals surface area (Å²) in [6.45, 7) is -0.584. The summed E-state index contributed by atoms with van der Waals surface area (Å²) in [6.07, 6.45) is -0.0433. The Balaban J connectivity index is 2.70. The molecule has 0 aromatic carbocycles. The molecule has 1 rings (SSSR count). The van der Waals surface area contributed by atoms with Gasteiger partial charge in [0.15, 0.2) is 5.76 Å². The van der Waals surface area contributed by atoms with E-state index in [1.165, 1.54) is 18.4 Å². The molecule has 0 aliphatic heterocycles. The zero-order valence-electron chi connectivity index (χ0n) is 5.73. The zero-order valence-corrected chi connectivity index (χ0v) is 5.73. The second-order valence-electron chi connectivity index (χ2n) is 2.04. The van der Waals surface area contributed by atoms with Crippen molar-refractivity contribution in [1.29, 1.82) is 0 Å². The highest BCUT2D eigenvalue weighted by molar-refractivity contribution is 5.96. The van der Waals surface area contributed by atoms with Gasteiger partial charge in [-0.05, 0) is 12.1 Å². The van der Waals surface area contributed by atoms with E-state index in [0.717, 1.165) is 0 Å². The molecule has 1 unspecified atom stereocenters. The van der Waals surface area contributed by atoms with Crippen molar-refractivity contribution in [3.8, 4) is 0 Å². The molecule has 11 heavy (non-hydrogen) atoms. The van der Waals surface area contributed by atoms with Crippen molar-refractivity contribution in [2.24, 2.45) is 0 Å². The molecule has 0 saturated heterocycles. The van der Waals surface area contributed by atoms with Crippen molar-refractivity contribution in [2.45, 2.75) is 6.10 Å². The quantitative estimate of drug-likeness (QED) is 0.595. The second kappa shape index (κ2) is 3.32. The van der Waals surface area contributed by atoms with Crippen LogP contribution in [0, 0.1) is 0 Å². The maximum Gasteiger partial charge on any atom is 0.228 e. The fourth-order valence-corrected chi connectivity index (χ4v) is 0.666. The number of rotatable bonds is 3. The summed E-state index contributed by atoms with van der Waals surface area (Å²) in [5.41, 5.74) is 0. The van der Waals surface area contributed by atoms with Crippen LogP contribution >= 0.6 is 0 Å². The number of carbonyl (C=O) groups is 1. The third kappa shape index (κ3) is 1.66. The highest BCUT2D eigenvalue weighted by Crippen LogP contribution is 2.03. The van der Waals surface area contributed by atoms with Gasteiger partial charge in [0, 0.05) is 0 Å². The van der Waals surface area contributed by atoms with E-state index in [9.17, 15) is 4.79 Å². The molecular formula is C7H8O4. The highest BCUT2D eigenvalue weighted by Gasteiger charge is 2.17. The smallest absolute Gasteiger partial charge is 0.228 e. The van der Waals surface area contributed by atoms with Crippen LogP contribution in [0.25, 0.3) is 0 Å². The lowest BCUT2D eigenvalue weighted by Crippen LogP contribution is -2.23. The first kappa shape index (κ1) is 7.97. The zero-order chi connectivity index (χ0) is 8.27. The molecule has 60 valence electrons. The van der Waals surface area contributed by atoms with E-state index in [1.54, 1.807) is 0 Å². The average Bonchev–Trinajstić information content (AvgIpc) is 2.53. The Bertz CT molecular complexity index is 227. The summed E-state index contributed by atoms with van der Waals surface area (Å²) in [6, 6.07) is 2.97. The minimum atomic E-state index is -1.37. The van der Waals surface area contributed by atoms with Gasteiger partial charge in [-0.25, -0.2) is 0 Å². The van der Waals surface area contributed by atoms with Gasteiger partial charge in [0.25, 0.3) is 0 Å². The summed E-state index contributed by atoms with van der Waals surface area (Å²) >= 11 is 0. The second-order valence-corrected chi connectivity index (χ2v) is 2.04. The van der Waals surface area contributed by atoms with Gasteiger partial charge in [0.2, 0.25) is 5.78 Å². The maximum atomic E-state index is 10.9. The van der Waals surface area contributed by atoms with E-state index in [2.05, 4.69) is 0 Å². The molecule has 1 aromatic heterocycles. The van der Waals surface area contributed by atoms with Crippen LogP contribution in [0.4, 0.5) is 0 Å². The highest BCUT2D eigenvalue weighted by atomic mass is 16.4. The van der Waals surface area contributed by atoms with Gasteiger partial charge in [-0.15, -0.1) is 0 Å². The number of furan rings is 1. The van der Waals surface area contributed by atoms with Crippen molar-refractivity contribution in [3.05, 3.63) is 24.2 Å². The number of carbonyl (C=O) groups excluding carboxylic acids is 1. The van der Waals surface area contributed by atoms with Crippen LogP contribution in [0.3, 0.4) is 0 Å². The van der Waals surface area contributed by atoms with Crippen molar-refractivity contribution in [2.75, 3.05) is 6.61 Å². The Morgan fingerprint density at radius 3 is 2.91 bits per heavy atom. The van der Waals surface area contributed by atoms with Crippen LogP contribution in [0.2, 0.25) is 0 Å². The van der Waals surface area contributed by atoms with Gasteiger partial charge < -0.3 is 14.6 Å². The fraction of sp³-hybridized carbons (Fsp3) is 0.286. The number of aliphatic hydroxyl groups excluding tert-OH is 2. The molecule has 0 aliphatic rings. The molecule has 2 N–H and O–H groups in total. The van der Waals surface area contributed by atoms with Gasteiger partial charge in [-0.1, -0.05) is 0 Å². The number of ketones is 1. The molecule has 4 nitrogen and oxygen atoms in total. The Kier molecular flexibility index (Phi) is 2.40. The van der Waals surface area contributed by atoms with Crippen LogP contribution in [0.1, 0.15) is 10.6 Å². The average molecular weight is 156 g/mol. The van der Waals surface area contributed by atoms with Crippen LogP contribution in [0.15, 0.2) is 22.8 Å². The first-order valence-corrected chi connectivity index (χ1v) is 3.12. The molecule has 0 bridgehead atoms. The molecule has 1 aromatic rings. The summed E-state index contributed by atoms with van der Waals surface area (Å²) < 4.78 is 4.70. The van der Waals surface area contributed by atoms with E-state index in [-0.39, 0.29) is 5.76 Å². The lowest BCUT2D eigenvalue weighted by Gasteiger charge is -2.01. The molecule has 0 amide bonds. The summed E-state index contributed by atoms with van der Waals surface area (Å²) in [7, 11) is 0. The number of hydrogen-bond acceptors (Lipinski definition) is 4. The number of Topliss-reactive ketones (excluding diaryl/α,β-unsaturated/α-hetero) is 1. The van der Waals surface area contributed by atoms with Crippen molar-refractivity contribution < 1.29 is 19.4 Å². The monoisotopic (exact) mass is 156 g/mol. The molecule has 1 heterocycles. The van der Waals surface area contributed by atoms with E-state index < -0.39 is 18.5 Å². The van der Waals surface area contributed by atoms with Crippen LogP contribution in [-0.2, 0) is 0 Å². The molecular weight excluding hydrogens is 148 g/mol. The van der Waals surface area contributed by atoms with Crippen LogP contribution in [0.5, 0.6) is 0 Å². The molecule has 1 atom stereocenters. The fourth-order valence-electron chi connectivity index (χ4n) is 0.666. The first-order chi connectivity index (χ1) is 5.25. The van der Waals surface area contributed by atoms with Gasteiger partial charge in [-0.2, -0.15) is 0 Å². The molecule has 4 heteroatoms. The first-order valence-electron chi connectivity index (χ1n) is 3.12. The lowest BCUT2D eigenvalue weighted by molar-refractivity contribution is 0.0560. The van der Waals surface area contributed by atoms with Gasteiger partial charge in [0.05, 0.1) is 12.9 Å². The van der Waals surface area contributed by atoms with Crippen molar-refractivity contribution in [3.63, 3.8) is 0 Å². The molecule has 0 aliphatic carbocycles. The Morgan fingerprint density at radius 2 is 2.45 bits per heavy atom. The van der Waals surface area contributed by atoms with Crippen LogP contribution in [-0.4, -0.2) is 28.7 Å². The van der Waals surface area contributed by atoms with Gasteiger partial charge in [0.1, 0.15) is 6.10 Å². The van der Waals surface area contributed by atoms with E-state index in [1.807, 2.05) is 0 Å². The Hall–Kier alpha value is -1.13. The van der Waals surface area contributed by atoms with E-state index >= 15 is 0 Å². The van der Waals surface area contributed by atoms with Crippen molar-refractivity contribution in [1.82, 2.24) is 0 Å². The van der Waals surface area contributed by atoms with Gasteiger partial charge >= 0.3 is 0 Å². The standard InChI is InChI=1S/C7H8O4/c8-4-5(9)7(10)6-2-1-3-11-6/h1-3,5,8-9H,4H2. The van der Waals surface area contributed by atoms with E-state index in [4.69, 9.17) is 14.6 Å². The predicted octanol–water partition coefficient (Wildman–Crippen LogP) is -0.184.